The van der Waals surface area contributed by atoms with Crippen molar-refractivity contribution in [3.05, 3.63) is 48.3 Å². The van der Waals surface area contributed by atoms with Crippen LogP contribution in [0.4, 0.5) is 5.69 Å². The Labute approximate surface area is 168 Å². The van der Waals surface area contributed by atoms with Crippen molar-refractivity contribution in [3.63, 3.8) is 0 Å². The van der Waals surface area contributed by atoms with E-state index in [1.54, 1.807) is 32.4 Å². The van der Waals surface area contributed by atoms with E-state index < -0.39 is 23.3 Å². The molecular formula is C21H24N4O4. The van der Waals surface area contributed by atoms with Gasteiger partial charge in [-0.25, -0.2) is 4.52 Å². The Morgan fingerprint density at radius 2 is 1.90 bits per heavy atom. The molecule has 3 rings (SSSR count). The van der Waals surface area contributed by atoms with Crippen molar-refractivity contribution in [1.29, 1.82) is 0 Å². The van der Waals surface area contributed by atoms with Crippen LogP contribution in [0.1, 0.15) is 31.1 Å². The number of fused-ring (bicyclic) bond motifs is 1. The van der Waals surface area contributed by atoms with Gasteiger partial charge in [0, 0.05) is 17.8 Å². The Morgan fingerprint density at radius 3 is 2.45 bits per heavy atom. The number of nitrogens with zero attached hydrogens (tertiary/aromatic N) is 2. The summed E-state index contributed by atoms with van der Waals surface area (Å²) in [5.74, 6) is -0.841. The first-order valence-corrected chi connectivity index (χ1v) is 9.10. The van der Waals surface area contributed by atoms with Crippen LogP contribution in [0.5, 0.6) is 5.75 Å². The fourth-order valence-corrected chi connectivity index (χ4v) is 2.92. The number of hydrogen-bond donors (Lipinski definition) is 3. The number of nitrogens with two attached hydrogens (primary N) is 1. The van der Waals surface area contributed by atoms with E-state index in [1.807, 2.05) is 36.5 Å². The summed E-state index contributed by atoms with van der Waals surface area (Å²) < 4.78 is 6.83. The third kappa shape index (κ3) is 3.73. The maximum Gasteiger partial charge on any atom is 0.311 e. The summed E-state index contributed by atoms with van der Waals surface area (Å²) in [6, 6.07) is 8.96. The molecule has 0 aliphatic rings. The number of carboxylic acid groups (broad SMARTS) is 1. The smallest absolute Gasteiger partial charge is 0.311 e. The molecule has 0 saturated carbocycles. The van der Waals surface area contributed by atoms with Crippen LogP contribution in [0.25, 0.3) is 16.6 Å². The van der Waals surface area contributed by atoms with Crippen molar-refractivity contribution < 1.29 is 19.4 Å². The minimum atomic E-state index is -1.07. The number of hydrogen-bond acceptors (Lipinski definition) is 5. The molecular weight excluding hydrogens is 372 g/mol. The van der Waals surface area contributed by atoms with Gasteiger partial charge < -0.3 is 20.9 Å². The number of methoxy groups -OCH3 is 1. The maximum absolute atomic E-state index is 12.0. The number of carbonyl (C=O) groups excluding carboxylic acids is 1. The second-order valence-electron chi connectivity index (χ2n) is 7.48. The number of anilines is 1. The number of aliphatic carboxylic acids is 1. The van der Waals surface area contributed by atoms with Crippen molar-refractivity contribution in [2.45, 2.75) is 26.8 Å². The monoisotopic (exact) mass is 396 g/mol. The van der Waals surface area contributed by atoms with E-state index in [-0.39, 0.29) is 5.56 Å². The number of benzene rings is 1. The van der Waals surface area contributed by atoms with Crippen LogP contribution in [0.15, 0.2) is 42.7 Å². The number of aromatic nitrogens is 2. The van der Waals surface area contributed by atoms with Crippen LogP contribution in [0, 0.1) is 5.41 Å². The lowest BCUT2D eigenvalue weighted by atomic mass is 9.85. The van der Waals surface area contributed by atoms with Crippen molar-refractivity contribution >= 4 is 23.1 Å². The van der Waals surface area contributed by atoms with Crippen molar-refractivity contribution in [2.24, 2.45) is 11.1 Å². The Kier molecular flexibility index (Phi) is 5.19. The van der Waals surface area contributed by atoms with Crippen molar-refractivity contribution in [1.82, 2.24) is 9.61 Å². The Bertz CT molecular complexity index is 1070. The highest BCUT2D eigenvalue weighted by molar-refractivity contribution is 6.02. The molecule has 1 atom stereocenters. The fourth-order valence-electron chi connectivity index (χ4n) is 2.92. The molecule has 0 aliphatic heterocycles. The highest BCUT2D eigenvalue weighted by atomic mass is 16.5. The van der Waals surface area contributed by atoms with Gasteiger partial charge in [0.15, 0.2) is 0 Å². The van der Waals surface area contributed by atoms with Crippen LogP contribution >= 0.6 is 0 Å². The van der Waals surface area contributed by atoms with Gasteiger partial charge in [-0.3, -0.25) is 9.59 Å². The van der Waals surface area contributed by atoms with Gasteiger partial charge in [-0.05, 0) is 44.5 Å². The molecule has 8 heteroatoms. The molecule has 0 aliphatic carbocycles. The number of rotatable bonds is 7. The molecule has 8 nitrogen and oxygen atoms in total. The summed E-state index contributed by atoms with van der Waals surface area (Å²) in [5.41, 5.74) is 7.58. The average Bonchev–Trinajstić information content (AvgIpc) is 3.12. The molecule has 1 unspecified atom stereocenters. The van der Waals surface area contributed by atoms with Gasteiger partial charge in [0.1, 0.15) is 5.75 Å². The minimum Gasteiger partial charge on any atom is -0.497 e. The van der Waals surface area contributed by atoms with Gasteiger partial charge in [-0.2, -0.15) is 5.10 Å². The highest BCUT2D eigenvalue weighted by Crippen LogP contribution is 2.32. The third-order valence-electron chi connectivity index (χ3n) is 5.32. The average molecular weight is 396 g/mol. The maximum atomic E-state index is 12.0. The van der Waals surface area contributed by atoms with Crippen molar-refractivity contribution in [2.75, 3.05) is 12.4 Å². The summed E-state index contributed by atoms with van der Waals surface area (Å²) in [6.07, 6.45) is 3.22. The van der Waals surface area contributed by atoms with E-state index in [9.17, 15) is 14.7 Å². The summed E-state index contributed by atoms with van der Waals surface area (Å²) in [5, 5.41) is 17.0. The molecule has 4 N–H and O–H groups in total. The zero-order valence-corrected chi connectivity index (χ0v) is 16.8. The van der Waals surface area contributed by atoms with Gasteiger partial charge in [0.2, 0.25) is 0 Å². The lowest BCUT2D eigenvalue weighted by Crippen LogP contribution is -2.40. The third-order valence-corrected chi connectivity index (χ3v) is 5.32. The molecule has 0 saturated heterocycles. The summed E-state index contributed by atoms with van der Waals surface area (Å²) >= 11 is 0. The zero-order chi connectivity index (χ0) is 21.3. The predicted octanol–water partition coefficient (Wildman–Crippen LogP) is 3.02. The minimum absolute atomic E-state index is 0.199. The summed E-state index contributed by atoms with van der Waals surface area (Å²) in [6.45, 7) is 5.00. The van der Waals surface area contributed by atoms with Gasteiger partial charge >= 0.3 is 5.97 Å². The van der Waals surface area contributed by atoms with Crippen LogP contribution in [-0.4, -0.2) is 39.7 Å². The molecule has 1 aromatic carbocycles. The Balaban J connectivity index is 2.10. The standard InChI is InChI=1S/C21H24N4O4/c1-12(21(2,3)20(27)28)24-18-16(19(22)26)10-23-25-11-14(9-17(18)25)13-5-7-15(29-4)8-6-13/h5-12,24H,1-4H3,(H2,22,26)(H,27,28). The summed E-state index contributed by atoms with van der Waals surface area (Å²) in [7, 11) is 1.61. The number of carboxylic acids is 1. The number of ether oxygens (including phenoxy) is 1. The highest BCUT2D eigenvalue weighted by Gasteiger charge is 2.35. The SMILES string of the molecule is COc1ccc(-c2cc3c(NC(C)C(C)(C)C(=O)O)c(C(N)=O)cnn3c2)cc1. The van der Waals surface area contributed by atoms with E-state index in [0.29, 0.717) is 11.2 Å². The predicted molar refractivity (Wildman–Crippen MR) is 110 cm³/mol. The normalized spacial score (nSPS) is 12.6. The first-order chi connectivity index (χ1) is 13.6. The first kappa shape index (κ1) is 20.2. The number of amides is 1. The molecule has 3 aromatic rings. The van der Waals surface area contributed by atoms with E-state index in [0.717, 1.165) is 16.9 Å². The Hall–Kier alpha value is -3.55. The Morgan fingerprint density at radius 1 is 1.24 bits per heavy atom. The molecule has 0 fully saturated rings. The molecule has 2 heterocycles. The lowest BCUT2D eigenvalue weighted by Gasteiger charge is -2.29. The van der Waals surface area contributed by atoms with Crippen LogP contribution in [-0.2, 0) is 4.79 Å². The van der Waals surface area contributed by atoms with Crippen molar-refractivity contribution in [3.8, 4) is 16.9 Å². The molecule has 0 bridgehead atoms. The van der Waals surface area contributed by atoms with Gasteiger partial charge in [-0.15, -0.1) is 0 Å². The molecule has 29 heavy (non-hydrogen) atoms. The quantitative estimate of drug-likeness (QED) is 0.565. The lowest BCUT2D eigenvalue weighted by molar-refractivity contribution is -0.147. The van der Waals surface area contributed by atoms with E-state index in [2.05, 4.69) is 10.4 Å². The van der Waals surface area contributed by atoms with Gasteiger partial charge in [0.05, 0.1) is 35.5 Å². The fraction of sp³-hybridized carbons (Fsp3) is 0.286. The van der Waals surface area contributed by atoms with Gasteiger partial charge in [-0.1, -0.05) is 12.1 Å². The number of nitrogens with one attached hydrogen (secondary N) is 1. The van der Waals surface area contributed by atoms with Crippen LogP contribution in [0.2, 0.25) is 0 Å². The van der Waals surface area contributed by atoms with E-state index in [4.69, 9.17) is 10.5 Å². The van der Waals surface area contributed by atoms with Gasteiger partial charge in [0.25, 0.3) is 5.91 Å². The van der Waals surface area contributed by atoms with E-state index >= 15 is 0 Å². The second kappa shape index (κ2) is 7.46. The number of carbonyl (C=O) groups is 2. The van der Waals surface area contributed by atoms with Crippen LogP contribution < -0.4 is 15.8 Å². The second-order valence-corrected chi connectivity index (χ2v) is 7.48. The zero-order valence-electron chi connectivity index (χ0n) is 16.8. The molecule has 2 aromatic heterocycles. The molecule has 0 radical (unpaired) electrons. The summed E-state index contributed by atoms with van der Waals surface area (Å²) in [4.78, 5) is 23.6. The number of primary amides is 1. The molecule has 0 spiro atoms. The molecule has 1 amide bonds. The van der Waals surface area contributed by atoms with E-state index in [1.165, 1.54) is 6.20 Å². The van der Waals surface area contributed by atoms with Crippen LogP contribution in [0.3, 0.4) is 0 Å². The largest absolute Gasteiger partial charge is 0.497 e. The topological polar surface area (TPSA) is 119 Å². The first-order valence-electron chi connectivity index (χ1n) is 9.10. The molecule has 152 valence electrons.